The van der Waals surface area contributed by atoms with E-state index in [1.165, 1.54) is 37.7 Å². The fourth-order valence-corrected chi connectivity index (χ4v) is 5.00. The largest absolute Gasteiger partial charge is 0.392 e. The molecule has 1 aromatic carbocycles. The van der Waals surface area contributed by atoms with Gasteiger partial charge in [-0.05, 0) is 49.4 Å². The van der Waals surface area contributed by atoms with Crippen LogP contribution in [0.15, 0.2) is 24.3 Å². The number of nitrogens with zero attached hydrogens (tertiary/aromatic N) is 1. The van der Waals surface area contributed by atoms with Crippen LogP contribution in [0.4, 0.5) is 5.69 Å². The molecule has 2 aliphatic heterocycles. The zero-order chi connectivity index (χ0) is 27.4. The van der Waals surface area contributed by atoms with Gasteiger partial charge in [0.15, 0.2) is 0 Å². The number of hydrogen-bond donors (Lipinski definition) is 4. The van der Waals surface area contributed by atoms with Crippen molar-refractivity contribution in [2.45, 2.75) is 95.4 Å². The smallest absolute Gasteiger partial charge is 0.220 e. The summed E-state index contributed by atoms with van der Waals surface area (Å²) in [6.45, 7) is 7.66. The van der Waals surface area contributed by atoms with Crippen LogP contribution < -0.4 is 20.9 Å². The number of aldehydes is 2. The molecule has 1 saturated carbocycles. The third-order valence-electron chi connectivity index (χ3n) is 7.54. The molecule has 2 heterocycles. The number of carbonyl (C=O) groups is 3. The molecular weight excluding hydrogens is 468 g/mol. The maximum absolute atomic E-state index is 11.5. The lowest BCUT2D eigenvalue weighted by atomic mass is 9.87. The molecule has 4 unspecified atom stereocenters. The average Bonchev–Trinajstić information content (AvgIpc) is 3.53. The van der Waals surface area contributed by atoms with Crippen molar-refractivity contribution < 1.29 is 19.5 Å². The monoisotopic (exact) mass is 516 g/mol. The summed E-state index contributed by atoms with van der Waals surface area (Å²) in [7, 11) is 3.98. The van der Waals surface area contributed by atoms with E-state index >= 15 is 0 Å². The first-order valence-electron chi connectivity index (χ1n) is 13.7. The van der Waals surface area contributed by atoms with Gasteiger partial charge in [-0.25, -0.2) is 0 Å². The minimum atomic E-state index is -0.315. The Morgan fingerprint density at radius 1 is 1.08 bits per heavy atom. The number of nitrogens with one attached hydrogen (secondary N) is 3. The van der Waals surface area contributed by atoms with E-state index in [0.717, 1.165) is 24.3 Å². The summed E-state index contributed by atoms with van der Waals surface area (Å²) in [6.07, 6.45) is 9.59. The molecule has 1 aliphatic carbocycles. The molecule has 37 heavy (non-hydrogen) atoms. The Hall–Kier alpha value is -2.29. The van der Waals surface area contributed by atoms with Crippen LogP contribution in [0.3, 0.4) is 0 Å². The van der Waals surface area contributed by atoms with Crippen LogP contribution in [-0.4, -0.2) is 75.0 Å². The molecule has 0 aromatic heterocycles. The molecule has 1 amide bonds. The third kappa shape index (κ3) is 10.2. The highest BCUT2D eigenvalue weighted by Gasteiger charge is 2.32. The highest BCUT2D eigenvalue weighted by molar-refractivity contribution is 5.80. The fourth-order valence-electron chi connectivity index (χ4n) is 5.00. The van der Waals surface area contributed by atoms with Gasteiger partial charge in [-0.3, -0.25) is 4.79 Å². The molecule has 3 aliphatic rings. The molecule has 208 valence electrons. The van der Waals surface area contributed by atoms with E-state index in [9.17, 15) is 14.4 Å². The summed E-state index contributed by atoms with van der Waals surface area (Å²) in [5.74, 6) is 0.0747. The summed E-state index contributed by atoms with van der Waals surface area (Å²) in [4.78, 5) is 34.7. The molecule has 2 saturated heterocycles. The summed E-state index contributed by atoms with van der Waals surface area (Å²) >= 11 is 0. The van der Waals surface area contributed by atoms with Gasteiger partial charge in [-0.15, -0.1) is 0 Å². The van der Waals surface area contributed by atoms with Gasteiger partial charge < -0.3 is 35.5 Å². The van der Waals surface area contributed by atoms with Crippen molar-refractivity contribution in [2.75, 3.05) is 32.1 Å². The van der Waals surface area contributed by atoms with E-state index in [4.69, 9.17) is 5.11 Å². The summed E-state index contributed by atoms with van der Waals surface area (Å²) in [5, 5.41) is 17.7. The van der Waals surface area contributed by atoms with E-state index in [-0.39, 0.29) is 35.4 Å². The SMILES string of the molecule is CN(c1ccc(C(C)(C)C)cc1)C(C=O)C1CNC(=O)C1.CNC1CCCCC1.O=CC1CC(O)CN1. The minimum Gasteiger partial charge on any atom is -0.392 e. The van der Waals surface area contributed by atoms with E-state index < -0.39 is 0 Å². The first-order valence-corrected chi connectivity index (χ1v) is 13.7. The fraction of sp³-hybridized carbons (Fsp3) is 0.690. The number of β-amino-alcohol motifs (C(OH)–C–C–N with tert-alkyl or cyclic N) is 1. The molecule has 8 nitrogen and oxygen atoms in total. The number of likely N-dealkylation sites (N-methyl/N-ethyl adjacent to an activating group) is 1. The van der Waals surface area contributed by atoms with E-state index in [1.54, 1.807) is 0 Å². The molecule has 4 N–H and O–H groups in total. The Morgan fingerprint density at radius 3 is 2.11 bits per heavy atom. The Kier molecular flexibility index (Phi) is 12.7. The van der Waals surface area contributed by atoms with Gasteiger partial charge in [-0.2, -0.15) is 0 Å². The van der Waals surface area contributed by atoms with E-state index in [1.807, 2.05) is 24.1 Å². The minimum absolute atomic E-state index is 0.0309. The molecule has 0 spiro atoms. The van der Waals surface area contributed by atoms with Gasteiger partial charge in [0.2, 0.25) is 5.91 Å². The van der Waals surface area contributed by atoms with Gasteiger partial charge in [0.05, 0.1) is 18.2 Å². The van der Waals surface area contributed by atoms with Crippen LogP contribution in [0.5, 0.6) is 0 Å². The Morgan fingerprint density at radius 2 is 1.73 bits per heavy atom. The maximum Gasteiger partial charge on any atom is 0.220 e. The molecular formula is C29H48N4O4. The average molecular weight is 517 g/mol. The van der Waals surface area contributed by atoms with Gasteiger partial charge in [0.25, 0.3) is 0 Å². The van der Waals surface area contributed by atoms with Crippen molar-refractivity contribution >= 4 is 24.2 Å². The quantitative estimate of drug-likeness (QED) is 0.430. The second kappa shape index (κ2) is 15.2. The van der Waals surface area contributed by atoms with Crippen LogP contribution in [0.2, 0.25) is 0 Å². The van der Waals surface area contributed by atoms with Crippen molar-refractivity contribution in [3.8, 4) is 0 Å². The van der Waals surface area contributed by atoms with E-state index in [0.29, 0.717) is 25.9 Å². The third-order valence-corrected chi connectivity index (χ3v) is 7.54. The molecule has 0 bridgehead atoms. The van der Waals surface area contributed by atoms with Crippen LogP contribution in [0, 0.1) is 5.92 Å². The van der Waals surface area contributed by atoms with Gasteiger partial charge in [0, 0.05) is 44.2 Å². The van der Waals surface area contributed by atoms with Crippen LogP contribution in [-0.2, 0) is 19.8 Å². The van der Waals surface area contributed by atoms with Crippen molar-refractivity contribution in [1.29, 1.82) is 0 Å². The number of hydrogen-bond acceptors (Lipinski definition) is 7. The number of aliphatic hydroxyl groups excluding tert-OH is 1. The first kappa shape index (κ1) is 30.9. The topological polar surface area (TPSA) is 111 Å². The van der Waals surface area contributed by atoms with Crippen LogP contribution in [0.1, 0.15) is 71.3 Å². The lowest BCUT2D eigenvalue weighted by Crippen LogP contribution is -2.40. The zero-order valence-corrected chi connectivity index (χ0v) is 23.3. The Balaban J connectivity index is 0.000000244. The second-order valence-corrected chi connectivity index (χ2v) is 11.5. The molecule has 4 atom stereocenters. The molecule has 8 heteroatoms. The molecule has 3 fully saturated rings. The lowest BCUT2D eigenvalue weighted by Gasteiger charge is -2.30. The number of carbonyl (C=O) groups excluding carboxylic acids is 3. The van der Waals surface area contributed by atoms with Crippen molar-refractivity contribution in [3.05, 3.63) is 29.8 Å². The summed E-state index contributed by atoms with van der Waals surface area (Å²) < 4.78 is 0. The number of anilines is 1. The first-order chi connectivity index (χ1) is 17.6. The van der Waals surface area contributed by atoms with Crippen molar-refractivity contribution in [2.24, 2.45) is 5.92 Å². The zero-order valence-electron chi connectivity index (χ0n) is 23.3. The molecule has 4 rings (SSSR count). The highest BCUT2D eigenvalue weighted by atomic mass is 16.3. The molecule has 1 aromatic rings. The highest BCUT2D eigenvalue weighted by Crippen LogP contribution is 2.27. The standard InChI is InChI=1S/C17H24N2O2.C7H15N.C5H9NO2/c1-17(2,3)13-5-7-14(8-6-13)19(4)15(11-20)12-9-16(21)18-10-12;1-8-7-5-3-2-4-6-7;7-3-4-1-5(8)2-6-4/h5-8,11-12,15H,9-10H2,1-4H3,(H,18,21);7-8H,2-6H2,1H3;3-6,8H,1-2H2. The maximum atomic E-state index is 11.5. The number of benzene rings is 1. The van der Waals surface area contributed by atoms with Gasteiger partial charge >= 0.3 is 0 Å². The normalized spacial score (nSPS) is 24.6. The summed E-state index contributed by atoms with van der Waals surface area (Å²) in [6, 6.07) is 8.75. The Labute approximate surface area is 223 Å². The van der Waals surface area contributed by atoms with Gasteiger partial charge in [0.1, 0.15) is 12.6 Å². The van der Waals surface area contributed by atoms with Crippen molar-refractivity contribution in [1.82, 2.24) is 16.0 Å². The van der Waals surface area contributed by atoms with Crippen molar-refractivity contribution in [3.63, 3.8) is 0 Å². The van der Waals surface area contributed by atoms with E-state index in [2.05, 4.69) is 55.9 Å². The van der Waals surface area contributed by atoms with Crippen LogP contribution in [0.25, 0.3) is 0 Å². The van der Waals surface area contributed by atoms with Crippen LogP contribution >= 0.6 is 0 Å². The lowest BCUT2D eigenvalue weighted by molar-refractivity contribution is -0.119. The predicted octanol–water partition coefficient (Wildman–Crippen LogP) is 2.57. The van der Waals surface area contributed by atoms with Gasteiger partial charge in [-0.1, -0.05) is 52.2 Å². The predicted molar refractivity (Wildman–Crippen MR) is 149 cm³/mol. The Bertz CT molecular complexity index is 833. The number of rotatable bonds is 6. The number of amides is 1. The second-order valence-electron chi connectivity index (χ2n) is 11.5. The molecule has 0 radical (unpaired) electrons. The summed E-state index contributed by atoms with van der Waals surface area (Å²) in [5.41, 5.74) is 2.38. The number of aliphatic hydroxyl groups is 1.